The van der Waals surface area contributed by atoms with E-state index in [0.717, 1.165) is 21.3 Å². The molecule has 0 aliphatic rings. The van der Waals surface area contributed by atoms with Gasteiger partial charge in [0.2, 0.25) is 0 Å². The lowest BCUT2D eigenvalue weighted by molar-refractivity contribution is 1.02. The van der Waals surface area contributed by atoms with E-state index in [1.54, 1.807) is 18.6 Å². The fourth-order valence-corrected chi connectivity index (χ4v) is 2.11. The van der Waals surface area contributed by atoms with Gasteiger partial charge in [-0.05, 0) is 30.3 Å². The minimum atomic E-state index is 0.547. The van der Waals surface area contributed by atoms with Crippen LogP contribution < -0.4 is 0 Å². The van der Waals surface area contributed by atoms with Crippen LogP contribution in [0.2, 0.25) is 0 Å². The zero-order chi connectivity index (χ0) is 12.5. The molecule has 0 saturated carbocycles. The average molecular weight is 299 g/mol. The maximum absolute atomic E-state index is 8.75. The molecule has 0 aliphatic carbocycles. The van der Waals surface area contributed by atoms with Crippen LogP contribution >= 0.6 is 15.9 Å². The summed E-state index contributed by atoms with van der Waals surface area (Å²) in [6, 6.07) is 11.5. The number of aromatic nitrogens is 3. The zero-order valence-corrected chi connectivity index (χ0v) is 10.8. The third kappa shape index (κ3) is 1.77. The van der Waals surface area contributed by atoms with Crippen molar-refractivity contribution >= 4 is 27.0 Å². The Labute approximate surface area is 112 Å². The molecule has 0 saturated heterocycles. The van der Waals surface area contributed by atoms with Gasteiger partial charge >= 0.3 is 0 Å². The summed E-state index contributed by atoms with van der Waals surface area (Å²) >= 11 is 3.42. The summed E-state index contributed by atoms with van der Waals surface area (Å²) in [6.07, 6.45) is 3.28. The van der Waals surface area contributed by atoms with E-state index in [9.17, 15) is 0 Å². The van der Waals surface area contributed by atoms with Crippen molar-refractivity contribution in [3.63, 3.8) is 0 Å². The van der Waals surface area contributed by atoms with Crippen molar-refractivity contribution in [1.29, 1.82) is 5.26 Å². The van der Waals surface area contributed by atoms with Crippen LogP contribution in [0.25, 0.3) is 16.9 Å². The number of fused-ring (bicyclic) bond motifs is 1. The van der Waals surface area contributed by atoms with E-state index in [2.05, 4.69) is 32.0 Å². The number of nitriles is 1. The number of halogens is 1. The van der Waals surface area contributed by atoms with E-state index < -0.39 is 0 Å². The Morgan fingerprint density at radius 1 is 1.17 bits per heavy atom. The molecule has 1 aromatic carbocycles. The molecule has 3 aromatic rings. The monoisotopic (exact) mass is 298 g/mol. The number of hydrogen-bond acceptors (Lipinski definition) is 3. The number of hydrogen-bond donors (Lipinski definition) is 0. The highest BCUT2D eigenvalue weighted by Gasteiger charge is 2.05. The Balaban J connectivity index is 2.16. The summed E-state index contributed by atoms with van der Waals surface area (Å²) in [5.41, 5.74) is 2.43. The van der Waals surface area contributed by atoms with Gasteiger partial charge in [0.15, 0.2) is 0 Å². The van der Waals surface area contributed by atoms with E-state index in [4.69, 9.17) is 5.26 Å². The molecule has 4 nitrogen and oxygen atoms in total. The molecule has 86 valence electrons. The normalized spacial score (nSPS) is 10.4. The standard InChI is InChI=1S/C13H7BrN4/c14-10-2-3-12-11(5-10)17-8-18(12)13-4-1-9(6-15)7-16-13/h1-5,7-8H. The number of nitrogens with zero attached hydrogens (tertiary/aromatic N) is 4. The Hall–Kier alpha value is -2.19. The Morgan fingerprint density at radius 3 is 2.78 bits per heavy atom. The topological polar surface area (TPSA) is 54.5 Å². The SMILES string of the molecule is N#Cc1ccc(-n2cnc3cc(Br)ccc32)nc1. The molecule has 0 spiro atoms. The first kappa shape index (κ1) is 10.9. The van der Waals surface area contributed by atoms with Crippen LogP contribution in [0.5, 0.6) is 0 Å². The Bertz CT molecular complexity index is 753. The van der Waals surface area contributed by atoms with Gasteiger partial charge in [-0.15, -0.1) is 0 Å². The van der Waals surface area contributed by atoms with Crippen molar-refractivity contribution < 1.29 is 0 Å². The van der Waals surface area contributed by atoms with Crippen LogP contribution in [0.3, 0.4) is 0 Å². The summed E-state index contributed by atoms with van der Waals surface area (Å²) in [7, 11) is 0. The molecule has 2 aromatic heterocycles. The third-order valence-electron chi connectivity index (χ3n) is 2.63. The number of pyridine rings is 1. The largest absolute Gasteiger partial charge is 0.283 e. The van der Waals surface area contributed by atoms with Gasteiger partial charge in [-0.3, -0.25) is 4.57 Å². The van der Waals surface area contributed by atoms with Gasteiger partial charge in [0, 0.05) is 10.7 Å². The van der Waals surface area contributed by atoms with Crippen molar-refractivity contribution in [3.05, 3.63) is 52.9 Å². The van der Waals surface area contributed by atoms with Crippen LogP contribution in [0.4, 0.5) is 0 Å². The molecule has 0 N–H and O–H groups in total. The predicted octanol–water partition coefficient (Wildman–Crippen LogP) is 3.05. The lowest BCUT2D eigenvalue weighted by Gasteiger charge is -2.02. The fraction of sp³-hybridized carbons (Fsp3) is 0. The van der Waals surface area contributed by atoms with Crippen LogP contribution in [-0.4, -0.2) is 14.5 Å². The average Bonchev–Trinajstić information content (AvgIpc) is 2.81. The summed E-state index contributed by atoms with van der Waals surface area (Å²) in [6.45, 7) is 0. The van der Waals surface area contributed by atoms with Gasteiger partial charge in [-0.2, -0.15) is 5.26 Å². The van der Waals surface area contributed by atoms with Crippen LogP contribution in [0.15, 0.2) is 47.3 Å². The van der Waals surface area contributed by atoms with Gasteiger partial charge < -0.3 is 0 Å². The maximum atomic E-state index is 8.75. The second-order valence-electron chi connectivity index (χ2n) is 3.76. The van der Waals surface area contributed by atoms with Crippen molar-refractivity contribution in [3.8, 4) is 11.9 Å². The van der Waals surface area contributed by atoms with Crippen LogP contribution in [0, 0.1) is 11.3 Å². The molecule has 0 aliphatic heterocycles. The van der Waals surface area contributed by atoms with Crippen molar-refractivity contribution in [1.82, 2.24) is 14.5 Å². The molecule has 0 atom stereocenters. The lowest BCUT2D eigenvalue weighted by Crippen LogP contribution is -1.95. The number of benzene rings is 1. The van der Waals surface area contributed by atoms with E-state index in [0.29, 0.717) is 5.56 Å². The van der Waals surface area contributed by atoms with Crippen molar-refractivity contribution in [2.45, 2.75) is 0 Å². The molecule has 18 heavy (non-hydrogen) atoms. The summed E-state index contributed by atoms with van der Waals surface area (Å²) in [5, 5.41) is 8.75. The maximum Gasteiger partial charge on any atom is 0.138 e. The second kappa shape index (κ2) is 4.24. The molecular formula is C13H7BrN4. The molecule has 3 rings (SSSR count). The van der Waals surface area contributed by atoms with E-state index >= 15 is 0 Å². The molecular weight excluding hydrogens is 292 g/mol. The predicted molar refractivity (Wildman–Crippen MR) is 71.3 cm³/mol. The number of rotatable bonds is 1. The Morgan fingerprint density at radius 2 is 2.06 bits per heavy atom. The van der Waals surface area contributed by atoms with Crippen molar-refractivity contribution in [2.75, 3.05) is 0 Å². The highest BCUT2D eigenvalue weighted by Crippen LogP contribution is 2.20. The summed E-state index contributed by atoms with van der Waals surface area (Å²) in [4.78, 5) is 8.58. The number of imidazole rings is 1. The van der Waals surface area contributed by atoms with Gasteiger partial charge in [0.1, 0.15) is 18.2 Å². The minimum Gasteiger partial charge on any atom is -0.283 e. The first-order chi connectivity index (χ1) is 8.78. The molecule has 0 unspecified atom stereocenters. The molecule has 2 heterocycles. The lowest BCUT2D eigenvalue weighted by atomic mass is 10.3. The first-order valence-corrected chi connectivity index (χ1v) is 6.06. The highest BCUT2D eigenvalue weighted by atomic mass is 79.9. The Kier molecular flexibility index (Phi) is 2.58. The van der Waals surface area contributed by atoms with E-state index in [1.807, 2.05) is 28.8 Å². The molecule has 0 fully saturated rings. The van der Waals surface area contributed by atoms with Gasteiger partial charge in [0.25, 0.3) is 0 Å². The smallest absolute Gasteiger partial charge is 0.138 e. The summed E-state index contributed by atoms with van der Waals surface area (Å²) < 4.78 is 2.89. The first-order valence-electron chi connectivity index (χ1n) is 5.27. The van der Waals surface area contributed by atoms with Gasteiger partial charge in [-0.1, -0.05) is 15.9 Å². The highest BCUT2D eigenvalue weighted by molar-refractivity contribution is 9.10. The third-order valence-corrected chi connectivity index (χ3v) is 3.13. The molecule has 5 heteroatoms. The molecule has 0 amide bonds. The minimum absolute atomic E-state index is 0.547. The van der Waals surface area contributed by atoms with Crippen LogP contribution in [-0.2, 0) is 0 Å². The summed E-state index contributed by atoms with van der Waals surface area (Å²) in [5.74, 6) is 0.749. The quantitative estimate of drug-likeness (QED) is 0.694. The van der Waals surface area contributed by atoms with Crippen molar-refractivity contribution in [2.24, 2.45) is 0 Å². The van der Waals surface area contributed by atoms with Crippen LogP contribution in [0.1, 0.15) is 5.56 Å². The fourth-order valence-electron chi connectivity index (χ4n) is 1.76. The van der Waals surface area contributed by atoms with E-state index in [-0.39, 0.29) is 0 Å². The molecule has 0 radical (unpaired) electrons. The van der Waals surface area contributed by atoms with Gasteiger partial charge in [-0.25, -0.2) is 9.97 Å². The second-order valence-corrected chi connectivity index (χ2v) is 4.68. The van der Waals surface area contributed by atoms with E-state index in [1.165, 1.54) is 0 Å². The van der Waals surface area contributed by atoms with Gasteiger partial charge in [0.05, 0.1) is 16.6 Å². The molecule has 0 bridgehead atoms. The zero-order valence-electron chi connectivity index (χ0n) is 9.21.